The van der Waals surface area contributed by atoms with Crippen LogP contribution in [0.25, 0.3) is 0 Å². The number of carbonyl (C=O) groups excluding carboxylic acids is 1. The number of carbonyl (C=O) groups is 1. The summed E-state index contributed by atoms with van der Waals surface area (Å²) >= 11 is 6.15. The van der Waals surface area contributed by atoms with Crippen LogP contribution in [0.4, 0.5) is 0 Å². The van der Waals surface area contributed by atoms with E-state index in [4.69, 9.17) is 21.7 Å². The van der Waals surface area contributed by atoms with E-state index in [-0.39, 0.29) is 11.2 Å². The third-order valence-corrected chi connectivity index (χ3v) is 2.82. The molecule has 0 aromatic carbocycles. The standard InChI is InChI=1S/C7H10O3S2/c1-2-9-7(11)12-5-3-4-10-6(5)8/h5H,2-4H2,1H3. The minimum Gasteiger partial charge on any atom is -0.479 e. The molecule has 1 heterocycles. The summed E-state index contributed by atoms with van der Waals surface area (Å²) in [4.78, 5) is 11.0. The van der Waals surface area contributed by atoms with E-state index >= 15 is 0 Å². The second-order valence-corrected chi connectivity index (χ2v) is 4.05. The molecule has 1 aliphatic rings. The van der Waals surface area contributed by atoms with Crippen LogP contribution in [-0.4, -0.2) is 28.8 Å². The zero-order valence-corrected chi connectivity index (χ0v) is 8.37. The monoisotopic (exact) mass is 206 g/mol. The van der Waals surface area contributed by atoms with E-state index in [2.05, 4.69) is 0 Å². The maximum atomic E-state index is 11.0. The second-order valence-electron chi connectivity index (χ2n) is 2.25. The van der Waals surface area contributed by atoms with Crippen LogP contribution in [0.2, 0.25) is 0 Å². The van der Waals surface area contributed by atoms with Crippen molar-refractivity contribution in [3.63, 3.8) is 0 Å². The van der Waals surface area contributed by atoms with Crippen molar-refractivity contribution in [2.45, 2.75) is 18.6 Å². The number of thiocarbonyl (C=S) groups is 1. The average Bonchev–Trinajstić information content (AvgIpc) is 2.37. The molecule has 0 radical (unpaired) electrons. The maximum Gasteiger partial charge on any atom is 0.319 e. The largest absolute Gasteiger partial charge is 0.479 e. The Morgan fingerprint density at radius 1 is 1.92 bits per heavy atom. The van der Waals surface area contributed by atoms with Gasteiger partial charge in [-0.2, -0.15) is 0 Å². The van der Waals surface area contributed by atoms with Crippen LogP contribution in [0, 0.1) is 0 Å². The van der Waals surface area contributed by atoms with Crippen molar-refractivity contribution in [2.24, 2.45) is 0 Å². The normalized spacial score (nSPS) is 22.1. The SMILES string of the molecule is CCOC(=S)SC1CCOC1=O. The first kappa shape index (κ1) is 9.80. The molecule has 12 heavy (non-hydrogen) atoms. The molecule has 0 spiro atoms. The molecule has 1 fully saturated rings. The Morgan fingerprint density at radius 3 is 3.17 bits per heavy atom. The fourth-order valence-electron chi connectivity index (χ4n) is 0.852. The van der Waals surface area contributed by atoms with Gasteiger partial charge in [-0.25, -0.2) is 0 Å². The molecule has 1 rings (SSSR count). The summed E-state index contributed by atoms with van der Waals surface area (Å²) < 4.78 is 10.2. The summed E-state index contributed by atoms with van der Waals surface area (Å²) in [5.41, 5.74) is 0. The quantitative estimate of drug-likeness (QED) is 0.503. The smallest absolute Gasteiger partial charge is 0.319 e. The summed E-state index contributed by atoms with van der Waals surface area (Å²) in [7, 11) is 0. The number of hydrogen-bond donors (Lipinski definition) is 0. The number of hydrogen-bond acceptors (Lipinski definition) is 5. The van der Waals surface area contributed by atoms with E-state index in [0.29, 0.717) is 17.6 Å². The average molecular weight is 206 g/mol. The number of thioether (sulfide) groups is 1. The van der Waals surface area contributed by atoms with Gasteiger partial charge in [0.1, 0.15) is 5.25 Å². The van der Waals surface area contributed by atoms with Crippen molar-refractivity contribution in [1.82, 2.24) is 0 Å². The van der Waals surface area contributed by atoms with Gasteiger partial charge in [0.25, 0.3) is 0 Å². The molecule has 0 aromatic rings. The highest BCUT2D eigenvalue weighted by atomic mass is 32.2. The number of ether oxygens (including phenoxy) is 2. The number of cyclic esters (lactones) is 1. The van der Waals surface area contributed by atoms with Crippen LogP contribution in [-0.2, 0) is 14.3 Å². The molecule has 0 N–H and O–H groups in total. The predicted molar refractivity (Wildman–Crippen MR) is 51.2 cm³/mol. The zero-order valence-electron chi connectivity index (χ0n) is 6.74. The van der Waals surface area contributed by atoms with Gasteiger partial charge in [0.15, 0.2) is 0 Å². The molecule has 1 saturated heterocycles. The molecule has 1 atom stereocenters. The minimum absolute atomic E-state index is 0.149. The lowest BCUT2D eigenvalue weighted by atomic mass is 10.4. The fourth-order valence-corrected chi connectivity index (χ4v) is 2.12. The van der Waals surface area contributed by atoms with Gasteiger partial charge in [0, 0.05) is 6.42 Å². The first-order chi connectivity index (χ1) is 5.74. The lowest BCUT2D eigenvalue weighted by Gasteiger charge is -2.06. The Balaban J connectivity index is 2.30. The van der Waals surface area contributed by atoms with Gasteiger partial charge in [-0.15, -0.1) is 0 Å². The summed E-state index contributed by atoms with van der Waals surface area (Å²) in [5.74, 6) is -0.179. The molecule has 3 nitrogen and oxygen atoms in total. The topological polar surface area (TPSA) is 35.5 Å². The van der Waals surface area contributed by atoms with Crippen molar-refractivity contribution in [3.8, 4) is 0 Å². The van der Waals surface area contributed by atoms with Gasteiger partial charge in [0.2, 0.25) is 4.38 Å². The minimum atomic E-state index is -0.179. The van der Waals surface area contributed by atoms with E-state index in [1.165, 1.54) is 11.8 Å². The lowest BCUT2D eigenvalue weighted by Crippen LogP contribution is -2.13. The highest BCUT2D eigenvalue weighted by Gasteiger charge is 2.28. The van der Waals surface area contributed by atoms with Gasteiger partial charge in [-0.1, -0.05) is 11.8 Å². The molecule has 68 valence electrons. The van der Waals surface area contributed by atoms with Crippen molar-refractivity contribution in [2.75, 3.05) is 13.2 Å². The Morgan fingerprint density at radius 2 is 2.67 bits per heavy atom. The molecular formula is C7H10O3S2. The van der Waals surface area contributed by atoms with Crippen LogP contribution in [0.15, 0.2) is 0 Å². The maximum absolute atomic E-state index is 11.0. The van der Waals surface area contributed by atoms with E-state index < -0.39 is 0 Å². The molecule has 0 saturated carbocycles. The van der Waals surface area contributed by atoms with Crippen LogP contribution in [0.1, 0.15) is 13.3 Å². The van der Waals surface area contributed by atoms with Crippen LogP contribution < -0.4 is 0 Å². The van der Waals surface area contributed by atoms with Crippen LogP contribution in [0.3, 0.4) is 0 Å². The van der Waals surface area contributed by atoms with Crippen molar-refractivity contribution >= 4 is 34.3 Å². The molecule has 0 aliphatic carbocycles. The summed E-state index contributed by atoms with van der Waals surface area (Å²) in [6, 6.07) is 0. The fraction of sp³-hybridized carbons (Fsp3) is 0.714. The van der Waals surface area contributed by atoms with Gasteiger partial charge in [0.05, 0.1) is 13.2 Å². The first-order valence-electron chi connectivity index (χ1n) is 3.74. The third-order valence-electron chi connectivity index (χ3n) is 1.39. The van der Waals surface area contributed by atoms with E-state index in [0.717, 1.165) is 6.42 Å². The van der Waals surface area contributed by atoms with Crippen molar-refractivity contribution in [1.29, 1.82) is 0 Å². The van der Waals surface area contributed by atoms with Gasteiger partial charge in [-0.05, 0) is 19.1 Å². The molecule has 0 aromatic heterocycles. The van der Waals surface area contributed by atoms with E-state index in [1.807, 2.05) is 6.92 Å². The van der Waals surface area contributed by atoms with Gasteiger partial charge >= 0.3 is 5.97 Å². The lowest BCUT2D eigenvalue weighted by molar-refractivity contribution is -0.137. The zero-order chi connectivity index (χ0) is 8.97. The predicted octanol–water partition coefficient (Wildman–Crippen LogP) is 1.36. The molecule has 5 heteroatoms. The van der Waals surface area contributed by atoms with Crippen molar-refractivity contribution < 1.29 is 14.3 Å². The Kier molecular flexibility index (Phi) is 3.81. The van der Waals surface area contributed by atoms with Crippen LogP contribution >= 0.6 is 24.0 Å². The first-order valence-corrected chi connectivity index (χ1v) is 5.03. The van der Waals surface area contributed by atoms with Crippen LogP contribution in [0.5, 0.6) is 0 Å². The third kappa shape index (κ3) is 2.64. The second kappa shape index (κ2) is 4.67. The summed E-state index contributed by atoms with van der Waals surface area (Å²) in [6.45, 7) is 2.92. The molecule has 0 bridgehead atoms. The molecule has 0 amide bonds. The highest BCUT2D eigenvalue weighted by molar-refractivity contribution is 8.23. The number of esters is 1. The van der Waals surface area contributed by atoms with E-state index in [1.54, 1.807) is 0 Å². The molecule has 1 unspecified atom stereocenters. The summed E-state index contributed by atoms with van der Waals surface area (Å²) in [5, 5.41) is -0.149. The Bertz CT molecular complexity index is 193. The van der Waals surface area contributed by atoms with Crippen molar-refractivity contribution in [3.05, 3.63) is 0 Å². The summed E-state index contributed by atoms with van der Waals surface area (Å²) in [6.07, 6.45) is 0.733. The Hall–Kier alpha value is -0.290. The molecule has 1 aliphatic heterocycles. The van der Waals surface area contributed by atoms with E-state index in [9.17, 15) is 4.79 Å². The Labute approximate surface area is 80.8 Å². The van der Waals surface area contributed by atoms with Gasteiger partial charge < -0.3 is 9.47 Å². The molecular weight excluding hydrogens is 196 g/mol. The highest BCUT2D eigenvalue weighted by Crippen LogP contribution is 2.23. The van der Waals surface area contributed by atoms with Gasteiger partial charge in [-0.3, -0.25) is 4.79 Å². The number of rotatable bonds is 2.